The Morgan fingerprint density at radius 1 is 0.717 bits per heavy atom. The Hall–Kier alpha value is -3.01. The fourth-order valence-electron chi connectivity index (χ4n) is 10.1. The summed E-state index contributed by atoms with van der Waals surface area (Å²) in [7, 11) is 0. The van der Waals surface area contributed by atoms with Crippen LogP contribution >= 0.6 is 0 Å². The molecule has 0 amide bonds. The molecule has 7 N–H and O–H groups in total. The molecule has 4 aliphatic heterocycles. The average Bonchev–Trinajstić information content (AvgIpc) is 3.17. The van der Waals surface area contributed by atoms with Gasteiger partial charge in [-0.15, -0.1) is 0 Å². The first-order valence-corrected chi connectivity index (χ1v) is 20.9. The lowest BCUT2D eigenvalue weighted by atomic mass is 9.57. The molecule has 330 valence electrons. The number of benzene rings is 1. The molecular formula is C43H56O17. The summed E-state index contributed by atoms with van der Waals surface area (Å²) in [4.78, 5) is 43.5. The Balaban J connectivity index is 1.03. The highest BCUT2D eigenvalue weighted by atomic mass is 16.7. The number of ether oxygens (including phenoxy) is 7. The number of carbonyl (C=O) groups excluding carboxylic acids is 3. The molecule has 60 heavy (non-hydrogen) atoms. The molecule has 8 rings (SSSR count). The topological polar surface area (TPSA) is 257 Å². The van der Waals surface area contributed by atoms with Crippen molar-refractivity contribution >= 4 is 17.3 Å². The van der Waals surface area contributed by atoms with Crippen LogP contribution < -0.4 is 0 Å². The number of fused-ring (bicyclic) bond motifs is 3. The first-order valence-electron chi connectivity index (χ1n) is 20.9. The van der Waals surface area contributed by atoms with Gasteiger partial charge in [-0.25, -0.2) is 0 Å². The number of aliphatic hydroxyl groups excluding tert-OH is 4. The maximum absolute atomic E-state index is 14.7. The molecule has 0 spiro atoms. The molecule has 17 nitrogen and oxygen atoms in total. The highest BCUT2D eigenvalue weighted by Crippen LogP contribution is 2.55. The molecule has 4 heterocycles. The minimum Gasteiger partial charge on any atom is -0.507 e. The third-order valence-corrected chi connectivity index (χ3v) is 13.3. The number of allylic oxidation sites excluding steroid dienone is 2. The van der Waals surface area contributed by atoms with Crippen LogP contribution in [-0.4, -0.2) is 150 Å². The lowest BCUT2D eigenvalue weighted by Crippen LogP contribution is -2.71. The first-order chi connectivity index (χ1) is 28.2. The van der Waals surface area contributed by atoms with Crippen molar-refractivity contribution in [3.8, 4) is 5.75 Å². The highest BCUT2D eigenvalue weighted by molar-refractivity contribution is 6.32. The molecule has 0 bridgehead atoms. The monoisotopic (exact) mass is 844 g/mol. The fraction of sp³-hybridized carbons (Fsp3) is 0.698. The largest absolute Gasteiger partial charge is 0.507 e. The summed E-state index contributed by atoms with van der Waals surface area (Å²) in [6, 6.07) is 2.78. The van der Waals surface area contributed by atoms with Gasteiger partial charge in [-0.3, -0.25) is 14.4 Å². The second-order valence-corrected chi connectivity index (χ2v) is 17.9. The summed E-state index contributed by atoms with van der Waals surface area (Å²) in [5.74, 6) is -3.03. The van der Waals surface area contributed by atoms with Gasteiger partial charge in [-0.05, 0) is 59.6 Å². The zero-order chi connectivity index (χ0) is 43.2. The van der Waals surface area contributed by atoms with Crippen molar-refractivity contribution in [3.05, 3.63) is 52.1 Å². The van der Waals surface area contributed by atoms with Crippen LogP contribution in [0.5, 0.6) is 5.75 Å². The summed E-state index contributed by atoms with van der Waals surface area (Å²) < 4.78 is 42.7. The molecule has 3 aliphatic carbocycles. The molecule has 1 aromatic rings. The van der Waals surface area contributed by atoms with Gasteiger partial charge < -0.3 is 68.9 Å². The van der Waals surface area contributed by atoms with Gasteiger partial charge in [0.25, 0.3) is 0 Å². The van der Waals surface area contributed by atoms with Crippen LogP contribution in [0.25, 0.3) is 0 Å². The molecule has 0 radical (unpaired) electrons. The number of Topliss-reactive ketones (excluding diaryl/α,β-unsaturated/α-hetero) is 3. The van der Waals surface area contributed by atoms with Gasteiger partial charge in [0.15, 0.2) is 41.8 Å². The highest BCUT2D eigenvalue weighted by Gasteiger charge is 2.69. The Morgan fingerprint density at radius 3 is 2.08 bits per heavy atom. The van der Waals surface area contributed by atoms with Crippen LogP contribution in [0.3, 0.4) is 0 Å². The Bertz CT molecular complexity index is 1930. The molecule has 7 aliphatic rings. The maximum Gasteiger partial charge on any atom is 0.198 e. The fourth-order valence-corrected chi connectivity index (χ4v) is 10.1. The Labute approximate surface area is 346 Å². The van der Waals surface area contributed by atoms with Gasteiger partial charge in [0.2, 0.25) is 0 Å². The summed E-state index contributed by atoms with van der Waals surface area (Å²) in [5.41, 5.74) is -7.56. The molecule has 1 aromatic carbocycles. The van der Waals surface area contributed by atoms with Gasteiger partial charge in [0.05, 0.1) is 71.7 Å². The second kappa shape index (κ2) is 16.0. The van der Waals surface area contributed by atoms with Crippen LogP contribution in [0.15, 0.2) is 35.4 Å². The zero-order valence-electron chi connectivity index (χ0n) is 34.3. The number of aliphatic hydroxyl groups is 6. The number of hydrogen-bond acceptors (Lipinski definition) is 17. The van der Waals surface area contributed by atoms with E-state index in [1.54, 1.807) is 20.8 Å². The van der Waals surface area contributed by atoms with E-state index in [0.717, 1.165) is 0 Å². The van der Waals surface area contributed by atoms with Gasteiger partial charge in [0.1, 0.15) is 23.6 Å². The van der Waals surface area contributed by atoms with E-state index in [-0.39, 0.29) is 47.9 Å². The third kappa shape index (κ3) is 7.42. The predicted molar refractivity (Wildman–Crippen MR) is 204 cm³/mol. The van der Waals surface area contributed by atoms with E-state index in [4.69, 9.17) is 33.2 Å². The van der Waals surface area contributed by atoms with Gasteiger partial charge in [-0.2, -0.15) is 0 Å². The number of rotatable bonds is 7. The van der Waals surface area contributed by atoms with E-state index in [1.165, 1.54) is 31.2 Å². The first kappa shape index (κ1) is 43.6. The standard InChI is InChI=1S/C43H56O17/c1-18-25(44)8-10-32(55-18)60-43-30(46)16-41(5,52)17-42(43,53)13-12-24-35(43)40(51)23-7-6-22(38(49)34(23)39(24)50)28-15-29(37(48)21(4)54-28)59-31-11-9-27(19(2)56-31)58-33-14-26(45)36(47)20(3)57-33/h6-7,12-13,18-21,25-29,31-33,36-37,44-45,47-49,52-53H,8-11,14-17H2,1-5H3. The Kier molecular flexibility index (Phi) is 11.6. The molecule has 17 atom stereocenters. The lowest BCUT2D eigenvalue weighted by Gasteiger charge is -2.55. The van der Waals surface area contributed by atoms with Crippen molar-refractivity contribution in [3.63, 3.8) is 0 Å². The summed E-state index contributed by atoms with van der Waals surface area (Å²) in [6.45, 7) is 8.11. The average molecular weight is 845 g/mol. The van der Waals surface area contributed by atoms with Crippen molar-refractivity contribution in [2.75, 3.05) is 0 Å². The van der Waals surface area contributed by atoms with Crippen LogP contribution in [0.1, 0.15) is 118 Å². The number of ketones is 3. The van der Waals surface area contributed by atoms with Crippen LogP contribution in [-0.2, 0) is 38.0 Å². The number of phenolic OH excluding ortho intramolecular Hbond substituents is 1. The van der Waals surface area contributed by atoms with Crippen molar-refractivity contribution in [2.45, 2.75) is 189 Å². The third-order valence-electron chi connectivity index (χ3n) is 13.3. The quantitative estimate of drug-likeness (QED) is 0.205. The van der Waals surface area contributed by atoms with Gasteiger partial charge >= 0.3 is 0 Å². The van der Waals surface area contributed by atoms with Crippen LogP contribution in [0.4, 0.5) is 0 Å². The van der Waals surface area contributed by atoms with Crippen molar-refractivity contribution in [1.29, 1.82) is 0 Å². The molecule has 0 aromatic heterocycles. The molecular weight excluding hydrogens is 788 g/mol. The Morgan fingerprint density at radius 2 is 1.38 bits per heavy atom. The SMILES string of the molecule is CC1OC(OC23C(=O)CC(C)(O)CC2(O)C=CC2=C3C(=O)c3ccc(C4CC(OC5CCC(OC6CC(O)C(O)C(C)O6)C(C)O5)C(O)C(C)O4)c(O)c3C2=O)CCC1O. The van der Waals surface area contributed by atoms with E-state index in [2.05, 4.69) is 0 Å². The van der Waals surface area contributed by atoms with E-state index >= 15 is 0 Å². The zero-order valence-corrected chi connectivity index (χ0v) is 34.3. The number of phenols is 1. The van der Waals surface area contributed by atoms with Crippen molar-refractivity contribution < 1.29 is 83.3 Å². The normalized spacial score (nSPS) is 45.9. The van der Waals surface area contributed by atoms with Crippen LogP contribution in [0, 0.1) is 0 Å². The molecule has 17 unspecified atom stereocenters. The number of hydrogen-bond donors (Lipinski definition) is 7. The minimum atomic E-state index is -2.47. The lowest BCUT2D eigenvalue weighted by molar-refractivity contribution is -0.306. The molecule has 4 saturated heterocycles. The van der Waals surface area contributed by atoms with E-state index < -0.39 is 144 Å². The van der Waals surface area contributed by atoms with Crippen LogP contribution in [0.2, 0.25) is 0 Å². The predicted octanol–water partition coefficient (Wildman–Crippen LogP) is 1.49. The maximum atomic E-state index is 14.7. The van der Waals surface area contributed by atoms with Crippen molar-refractivity contribution in [2.24, 2.45) is 0 Å². The minimum absolute atomic E-state index is 0.0307. The van der Waals surface area contributed by atoms with Gasteiger partial charge in [0, 0.05) is 55.2 Å². The number of carbonyl (C=O) groups is 3. The molecule has 17 heteroatoms. The van der Waals surface area contributed by atoms with E-state index in [9.17, 15) is 50.1 Å². The smallest absolute Gasteiger partial charge is 0.198 e. The van der Waals surface area contributed by atoms with Gasteiger partial charge in [-0.1, -0.05) is 12.1 Å². The summed E-state index contributed by atoms with van der Waals surface area (Å²) >= 11 is 0. The molecule has 5 fully saturated rings. The second-order valence-electron chi connectivity index (χ2n) is 17.9. The number of aromatic hydroxyl groups is 1. The van der Waals surface area contributed by atoms with E-state index in [0.29, 0.717) is 12.8 Å². The molecule has 1 saturated carbocycles. The van der Waals surface area contributed by atoms with Crippen molar-refractivity contribution in [1.82, 2.24) is 0 Å². The van der Waals surface area contributed by atoms with E-state index in [1.807, 2.05) is 6.92 Å². The summed E-state index contributed by atoms with van der Waals surface area (Å²) in [5, 5.41) is 76.8. The summed E-state index contributed by atoms with van der Waals surface area (Å²) in [6.07, 6.45) is -8.39.